The van der Waals surface area contributed by atoms with Crippen LogP contribution in [-0.2, 0) is 19.1 Å². The van der Waals surface area contributed by atoms with Gasteiger partial charge in [0.25, 0.3) is 5.91 Å². The summed E-state index contributed by atoms with van der Waals surface area (Å²) in [4.78, 5) is 43.2. The summed E-state index contributed by atoms with van der Waals surface area (Å²) in [6.07, 6.45) is 1.64. The zero-order valence-corrected chi connectivity index (χ0v) is 21.5. The number of aliphatic hydroxyl groups is 1. The monoisotopic (exact) mass is 556 g/mol. The maximum absolute atomic E-state index is 14.4. The fraction of sp³-hybridized carbons (Fsp3) is 0.444. The van der Waals surface area contributed by atoms with Crippen LogP contribution in [0.25, 0.3) is 10.8 Å². The third kappa shape index (κ3) is 3.51. The Bertz CT molecular complexity index is 1230. The van der Waals surface area contributed by atoms with Crippen molar-refractivity contribution in [2.24, 2.45) is 11.8 Å². The van der Waals surface area contributed by atoms with Crippen molar-refractivity contribution in [2.45, 2.75) is 48.4 Å². The molecule has 5 rings (SSSR count). The van der Waals surface area contributed by atoms with Crippen LogP contribution in [0.1, 0.15) is 19.8 Å². The molecule has 9 heteroatoms. The van der Waals surface area contributed by atoms with Crippen molar-refractivity contribution in [1.82, 2.24) is 4.90 Å². The van der Waals surface area contributed by atoms with Crippen molar-refractivity contribution in [1.29, 1.82) is 0 Å². The molecule has 2 aromatic carbocycles. The normalized spacial score (nSPS) is 31.5. The van der Waals surface area contributed by atoms with Gasteiger partial charge in [0, 0.05) is 17.1 Å². The number of carbonyl (C=O) groups is 3. The molecule has 36 heavy (non-hydrogen) atoms. The second-order valence-corrected chi connectivity index (χ2v) is 10.9. The molecule has 3 aliphatic heterocycles. The molecule has 3 aliphatic rings. The van der Waals surface area contributed by atoms with E-state index in [1.54, 1.807) is 11.0 Å². The van der Waals surface area contributed by atoms with Gasteiger partial charge >= 0.3 is 5.97 Å². The van der Waals surface area contributed by atoms with Crippen LogP contribution >= 0.6 is 15.9 Å². The summed E-state index contributed by atoms with van der Waals surface area (Å²) in [6, 6.07) is 11.8. The highest BCUT2D eigenvalue weighted by atomic mass is 79.9. The van der Waals surface area contributed by atoms with Crippen LogP contribution in [0.2, 0.25) is 0 Å². The third-order valence-corrected chi connectivity index (χ3v) is 8.79. The zero-order chi connectivity index (χ0) is 25.8. The standard InChI is InChI=1S/C27H29BrN2O6/c1-3-11-29(18-10-9-15-7-5-6-8-16(15)12-18)25(33)23-27-13-19(28)22(36-27)20(26(34)35)21(27)24(32)30(23)17(4-2)14-31/h3,5-10,12,17,19-23,31H,1,4,11,13-14H2,2H3,(H,34,35)/t17-,19?,20+,21-,22+,23+,27-/m0/s1. The number of halogens is 1. The second-order valence-electron chi connectivity index (χ2n) is 9.76. The lowest BCUT2D eigenvalue weighted by atomic mass is 9.70. The van der Waals surface area contributed by atoms with Crippen LogP contribution in [0.5, 0.6) is 0 Å². The van der Waals surface area contributed by atoms with Crippen LogP contribution in [0, 0.1) is 11.8 Å². The predicted octanol–water partition coefficient (Wildman–Crippen LogP) is 2.96. The SMILES string of the molecule is C=CCN(C(=O)[C@H]1N([C@@H](CC)CO)C(=O)[C@@H]2[C@@H](C(=O)O)[C@@H]3O[C@@]21CC3Br)c1ccc2ccccc2c1. The van der Waals surface area contributed by atoms with Crippen molar-refractivity contribution < 1.29 is 29.3 Å². The Kier molecular flexibility index (Phi) is 6.43. The van der Waals surface area contributed by atoms with E-state index >= 15 is 0 Å². The molecule has 0 saturated carbocycles. The minimum Gasteiger partial charge on any atom is -0.481 e. The molecule has 0 radical (unpaired) electrons. The van der Waals surface area contributed by atoms with Gasteiger partial charge < -0.3 is 24.7 Å². The van der Waals surface area contributed by atoms with E-state index < -0.39 is 47.5 Å². The average molecular weight is 557 g/mol. The number of hydrogen-bond acceptors (Lipinski definition) is 5. The van der Waals surface area contributed by atoms with E-state index in [2.05, 4.69) is 22.5 Å². The lowest BCUT2D eigenvalue weighted by molar-refractivity contribution is -0.150. The summed E-state index contributed by atoms with van der Waals surface area (Å²) in [7, 11) is 0. The number of carbonyl (C=O) groups excluding carboxylic acids is 2. The highest BCUT2D eigenvalue weighted by Gasteiger charge is 2.77. The van der Waals surface area contributed by atoms with Gasteiger partial charge in [-0.15, -0.1) is 6.58 Å². The van der Waals surface area contributed by atoms with Gasteiger partial charge in [0.15, 0.2) is 0 Å². The smallest absolute Gasteiger partial charge is 0.310 e. The summed E-state index contributed by atoms with van der Waals surface area (Å²) in [5.41, 5.74) is -0.657. The molecule has 3 heterocycles. The van der Waals surface area contributed by atoms with Crippen molar-refractivity contribution in [3.8, 4) is 0 Å². The van der Waals surface area contributed by atoms with E-state index in [0.717, 1.165) is 10.8 Å². The molecule has 3 fully saturated rings. The number of carboxylic acids is 1. The van der Waals surface area contributed by atoms with Gasteiger partial charge in [-0.25, -0.2) is 0 Å². The van der Waals surface area contributed by atoms with Gasteiger partial charge in [-0.1, -0.05) is 59.3 Å². The molecule has 190 valence electrons. The number of ether oxygens (including phenoxy) is 1. The van der Waals surface area contributed by atoms with Crippen LogP contribution in [0.4, 0.5) is 5.69 Å². The average Bonchev–Trinajstić information content (AvgIpc) is 3.46. The third-order valence-electron chi connectivity index (χ3n) is 7.94. The maximum atomic E-state index is 14.4. The number of amides is 2. The number of aliphatic hydroxyl groups excluding tert-OH is 1. The first-order valence-corrected chi connectivity index (χ1v) is 13.1. The first-order chi connectivity index (χ1) is 17.3. The number of hydrogen-bond donors (Lipinski definition) is 2. The van der Waals surface area contributed by atoms with E-state index in [1.165, 1.54) is 4.90 Å². The van der Waals surface area contributed by atoms with E-state index in [1.807, 2.05) is 49.4 Å². The second kappa shape index (κ2) is 9.28. The van der Waals surface area contributed by atoms with Crippen molar-refractivity contribution in [2.75, 3.05) is 18.1 Å². The summed E-state index contributed by atoms with van der Waals surface area (Å²) in [5, 5.41) is 22.1. The van der Waals surface area contributed by atoms with Gasteiger partial charge in [0.2, 0.25) is 5.91 Å². The van der Waals surface area contributed by atoms with Crippen LogP contribution in [0.15, 0.2) is 55.1 Å². The molecule has 7 atom stereocenters. The first kappa shape index (κ1) is 24.9. The van der Waals surface area contributed by atoms with Crippen molar-refractivity contribution >= 4 is 50.2 Å². The Labute approximate surface area is 217 Å². The molecule has 8 nitrogen and oxygen atoms in total. The van der Waals surface area contributed by atoms with Gasteiger partial charge in [-0.2, -0.15) is 0 Å². The molecule has 2 aromatic rings. The summed E-state index contributed by atoms with van der Waals surface area (Å²) in [5.74, 6) is -4.00. The lowest BCUT2D eigenvalue weighted by Gasteiger charge is -2.39. The van der Waals surface area contributed by atoms with E-state index in [-0.39, 0.29) is 23.9 Å². The minimum absolute atomic E-state index is 0.190. The Morgan fingerprint density at radius 1 is 1.31 bits per heavy atom. The number of benzene rings is 2. The summed E-state index contributed by atoms with van der Waals surface area (Å²) < 4.78 is 6.33. The molecular weight excluding hydrogens is 528 g/mol. The van der Waals surface area contributed by atoms with Gasteiger partial charge in [0.05, 0.1) is 30.6 Å². The quantitative estimate of drug-likeness (QED) is 0.382. The van der Waals surface area contributed by atoms with E-state index in [9.17, 15) is 24.6 Å². The fourth-order valence-corrected chi connectivity index (χ4v) is 7.32. The summed E-state index contributed by atoms with van der Waals surface area (Å²) >= 11 is 3.55. The summed E-state index contributed by atoms with van der Waals surface area (Å²) in [6.45, 7) is 5.50. The lowest BCUT2D eigenvalue weighted by Crippen LogP contribution is -2.59. The van der Waals surface area contributed by atoms with Gasteiger partial charge in [-0.3, -0.25) is 14.4 Å². The maximum Gasteiger partial charge on any atom is 0.310 e. The fourth-order valence-electron chi connectivity index (χ4n) is 6.38. The van der Waals surface area contributed by atoms with E-state index in [0.29, 0.717) is 18.5 Å². The Morgan fingerprint density at radius 3 is 2.67 bits per heavy atom. The predicted molar refractivity (Wildman–Crippen MR) is 138 cm³/mol. The minimum atomic E-state index is -1.30. The Morgan fingerprint density at radius 2 is 2.03 bits per heavy atom. The highest BCUT2D eigenvalue weighted by Crippen LogP contribution is 2.60. The Balaban J connectivity index is 1.63. The molecule has 2 N–H and O–H groups in total. The zero-order valence-electron chi connectivity index (χ0n) is 19.9. The van der Waals surface area contributed by atoms with Crippen LogP contribution < -0.4 is 4.90 Å². The molecule has 2 bridgehead atoms. The highest BCUT2D eigenvalue weighted by molar-refractivity contribution is 9.09. The number of aliphatic carboxylic acids is 1. The number of anilines is 1. The number of rotatable bonds is 8. The molecular formula is C27H29BrN2O6. The number of alkyl halides is 1. The van der Waals surface area contributed by atoms with Gasteiger partial charge in [-0.05, 0) is 35.7 Å². The number of carboxylic acid groups (broad SMARTS) is 1. The van der Waals surface area contributed by atoms with Crippen LogP contribution in [0.3, 0.4) is 0 Å². The van der Waals surface area contributed by atoms with Crippen LogP contribution in [-0.4, -0.2) is 74.7 Å². The van der Waals surface area contributed by atoms with E-state index in [4.69, 9.17) is 4.74 Å². The molecule has 3 saturated heterocycles. The molecule has 1 unspecified atom stereocenters. The molecule has 2 amide bonds. The largest absolute Gasteiger partial charge is 0.481 e. The van der Waals surface area contributed by atoms with Crippen molar-refractivity contribution in [3.05, 3.63) is 55.1 Å². The molecule has 0 aromatic heterocycles. The topological polar surface area (TPSA) is 107 Å². The number of likely N-dealkylation sites (tertiary alicyclic amines) is 1. The van der Waals surface area contributed by atoms with Crippen molar-refractivity contribution in [3.63, 3.8) is 0 Å². The Hall–Kier alpha value is -2.75. The molecule has 1 spiro atoms. The van der Waals surface area contributed by atoms with Gasteiger partial charge in [0.1, 0.15) is 11.6 Å². The molecule has 0 aliphatic carbocycles. The number of nitrogens with zero attached hydrogens (tertiary/aromatic N) is 2. The first-order valence-electron chi connectivity index (χ1n) is 12.2. The number of fused-ring (bicyclic) bond motifs is 2.